The topological polar surface area (TPSA) is 84.1 Å². The fourth-order valence-electron chi connectivity index (χ4n) is 1.94. The number of phenols is 1. The van der Waals surface area contributed by atoms with E-state index in [9.17, 15) is 9.90 Å². The third kappa shape index (κ3) is 3.23. The van der Waals surface area contributed by atoms with Gasteiger partial charge >= 0.3 is 0 Å². The number of hydrogen-bond donors (Lipinski definition) is 2. The number of thiocarbonyl (C=S) groups is 1. The molecule has 0 radical (unpaired) electrons. The molecule has 116 valence electrons. The second-order valence-electron chi connectivity index (χ2n) is 4.30. The van der Waals surface area contributed by atoms with Crippen molar-refractivity contribution in [3.05, 3.63) is 33.7 Å². The molecule has 0 atom stereocenters. The Balaban J connectivity index is 2.62. The van der Waals surface area contributed by atoms with Gasteiger partial charge in [0.05, 0.1) is 18.9 Å². The summed E-state index contributed by atoms with van der Waals surface area (Å²) in [5.41, 5.74) is 2.89. The van der Waals surface area contributed by atoms with E-state index in [0.717, 1.165) is 0 Å². The minimum atomic E-state index is -0.252. The van der Waals surface area contributed by atoms with Gasteiger partial charge in [0.2, 0.25) is 0 Å². The molecule has 0 bridgehead atoms. The number of hydrogen-bond acceptors (Lipinski definition) is 7. The predicted molar refractivity (Wildman–Crippen MR) is 92.3 cm³/mol. The van der Waals surface area contributed by atoms with Crippen molar-refractivity contribution in [2.45, 2.75) is 6.92 Å². The standard InChI is InChI=1S/C14H14N2O4S2/c1-7-4-10(18)12-11(20-7)5-9(17)8(13(12)19-2)6-15-16-14(21)22-3/h4-6,17H,1-3H3,(H,16,21)/b15-6+. The second kappa shape index (κ2) is 6.80. The largest absolute Gasteiger partial charge is 0.507 e. The van der Waals surface area contributed by atoms with Gasteiger partial charge in [-0.25, -0.2) is 0 Å². The van der Waals surface area contributed by atoms with Crippen LogP contribution in [0.15, 0.2) is 26.4 Å². The minimum Gasteiger partial charge on any atom is -0.507 e. The molecule has 1 aromatic heterocycles. The summed E-state index contributed by atoms with van der Waals surface area (Å²) in [5, 5.41) is 14.3. The van der Waals surface area contributed by atoms with Gasteiger partial charge in [-0.1, -0.05) is 24.0 Å². The van der Waals surface area contributed by atoms with Crippen LogP contribution in [0.3, 0.4) is 0 Å². The van der Waals surface area contributed by atoms with Crippen LogP contribution in [0, 0.1) is 6.92 Å². The van der Waals surface area contributed by atoms with Crippen molar-refractivity contribution < 1.29 is 14.3 Å². The zero-order valence-corrected chi connectivity index (χ0v) is 13.8. The summed E-state index contributed by atoms with van der Waals surface area (Å²) in [6.45, 7) is 1.66. The molecule has 0 unspecified atom stereocenters. The number of ether oxygens (including phenoxy) is 1. The normalized spacial score (nSPS) is 11.0. The smallest absolute Gasteiger partial charge is 0.196 e. The van der Waals surface area contributed by atoms with Crippen LogP contribution in [0.2, 0.25) is 0 Å². The van der Waals surface area contributed by atoms with Gasteiger partial charge in [-0.3, -0.25) is 10.2 Å². The van der Waals surface area contributed by atoms with Crippen molar-refractivity contribution in [2.24, 2.45) is 5.10 Å². The van der Waals surface area contributed by atoms with Gasteiger partial charge in [0.15, 0.2) is 9.75 Å². The number of methoxy groups -OCH3 is 1. The molecule has 0 aliphatic heterocycles. The Bertz CT molecular complexity index is 815. The first-order chi connectivity index (χ1) is 10.5. The first-order valence-electron chi connectivity index (χ1n) is 6.19. The van der Waals surface area contributed by atoms with Crippen molar-refractivity contribution >= 4 is 45.5 Å². The van der Waals surface area contributed by atoms with Crippen LogP contribution >= 0.6 is 24.0 Å². The molecular formula is C14H14N2O4S2. The van der Waals surface area contributed by atoms with E-state index in [1.165, 1.54) is 37.2 Å². The van der Waals surface area contributed by atoms with E-state index in [1.54, 1.807) is 6.92 Å². The zero-order chi connectivity index (χ0) is 16.3. The number of benzene rings is 1. The predicted octanol–water partition coefficient (Wildman–Crippen LogP) is 2.39. The number of nitrogens with one attached hydrogen (secondary N) is 1. The van der Waals surface area contributed by atoms with E-state index >= 15 is 0 Å². The Morgan fingerprint density at radius 1 is 1.55 bits per heavy atom. The molecule has 0 spiro atoms. The highest BCUT2D eigenvalue weighted by Gasteiger charge is 2.17. The Kier molecular flexibility index (Phi) is 5.04. The summed E-state index contributed by atoms with van der Waals surface area (Å²) in [4.78, 5) is 12.2. The van der Waals surface area contributed by atoms with Crippen LogP contribution in [0.1, 0.15) is 11.3 Å². The molecule has 0 amide bonds. The van der Waals surface area contributed by atoms with Crippen LogP contribution in [0.5, 0.6) is 11.5 Å². The maximum absolute atomic E-state index is 12.2. The number of rotatable bonds is 3. The van der Waals surface area contributed by atoms with Gasteiger partial charge in [-0.05, 0) is 13.2 Å². The van der Waals surface area contributed by atoms with Crippen molar-refractivity contribution in [1.82, 2.24) is 5.43 Å². The lowest BCUT2D eigenvalue weighted by Crippen LogP contribution is -2.11. The fraction of sp³-hybridized carbons (Fsp3) is 0.214. The number of nitrogens with zero attached hydrogens (tertiary/aromatic N) is 1. The quantitative estimate of drug-likeness (QED) is 0.505. The third-order valence-corrected chi connectivity index (χ3v) is 3.91. The maximum atomic E-state index is 12.2. The Morgan fingerprint density at radius 2 is 2.27 bits per heavy atom. The molecule has 0 fully saturated rings. The van der Waals surface area contributed by atoms with Crippen LogP contribution < -0.4 is 15.6 Å². The lowest BCUT2D eigenvalue weighted by Gasteiger charge is -2.10. The highest BCUT2D eigenvalue weighted by molar-refractivity contribution is 8.22. The summed E-state index contributed by atoms with van der Waals surface area (Å²) in [7, 11) is 1.41. The molecule has 0 saturated carbocycles. The average molecular weight is 338 g/mol. The van der Waals surface area contributed by atoms with Gasteiger partial charge in [0, 0.05) is 12.1 Å². The summed E-state index contributed by atoms with van der Waals surface area (Å²) >= 11 is 6.28. The van der Waals surface area contributed by atoms with E-state index in [4.69, 9.17) is 21.4 Å². The SMILES string of the molecule is COc1c(/C=N/NC(=S)SC)c(O)cc2oc(C)cc(=O)c12. The average Bonchev–Trinajstić information content (AvgIpc) is 2.47. The molecule has 22 heavy (non-hydrogen) atoms. The minimum absolute atomic E-state index is 0.112. The molecule has 1 aromatic carbocycles. The number of phenolic OH excluding ortho intramolecular Hbond substituents is 1. The van der Waals surface area contributed by atoms with E-state index in [1.807, 2.05) is 6.26 Å². The van der Waals surface area contributed by atoms with Crippen molar-refractivity contribution in [1.29, 1.82) is 0 Å². The van der Waals surface area contributed by atoms with Gasteiger partial charge in [-0.15, -0.1) is 0 Å². The molecular weight excluding hydrogens is 324 g/mol. The van der Waals surface area contributed by atoms with Crippen molar-refractivity contribution in [3.63, 3.8) is 0 Å². The number of aromatic hydroxyl groups is 1. The van der Waals surface area contributed by atoms with E-state index < -0.39 is 0 Å². The Labute approximate surface area is 136 Å². The highest BCUT2D eigenvalue weighted by atomic mass is 32.2. The second-order valence-corrected chi connectivity index (χ2v) is 5.78. The van der Waals surface area contributed by atoms with Crippen LogP contribution in [0.25, 0.3) is 11.0 Å². The first kappa shape index (κ1) is 16.3. The number of aryl methyl sites for hydroxylation is 1. The number of thioether (sulfide) groups is 1. The monoisotopic (exact) mass is 338 g/mol. The van der Waals surface area contributed by atoms with Crippen molar-refractivity contribution in [2.75, 3.05) is 13.4 Å². The van der Waals surface area contributed by atoms with E-state index in [2.05, 4.69) is 10.5 Å². The van der Waals surface area contributed by atoms with Crippen LogP contribution in [-0.4, -0.2) is 29.0 Å². The lowest BCUT2D eigenvalue weighted by molar-refractivity contribution is 0.410. The fourth-order valence-corrected chi connectivity index (χ4v) is 2.14. The molecule has 2 N–H and O–H groups in total. The number of fused-ring (bicyclic) bond motifs is 1. The molecule has 6 nitrogen and oxygen atoms in total. The summed E-state index contributed by atoms with van der Waals surface area (Å²) in [6.07, 6.45) is 3.15. The lowest BCUT2D eigenvalue weighted by atomic mass is 10.1. The molecule has 0 aliphatic rings. The highest BCUT2D eigenvalue weighted by Crippen LogP contribution is 2.33. The summed E-state index contributed by atoms with van der Waals surface area (Å²) < 4.78 is 11.2. The van der Waals surface area contributed by atoms with Gasteiger partial charge in [0.25, 0.3) is 0 Å². The third-order valence-electron chi connectivity index (χ3n) is 2.85. The van der Waals surface area contributed by atoms with E-state index in [0.29, 0.717) is 10.1 Å². The molecule has 0 saturated heterocycles. The number of hydrazone groups is 1. The summed E-state index contributed by atoms with van der Waals surface area (Å²) in [6, 6.07) is 2.73. The van der Waals surface area contributed by atoms with Gasteiger partial charge in [0.1, 0.15) is 28.2 Å². The van der Waals surface area contributed by atoms with Gasteiger partial charge in [-0.2, -0.15) is 5.10 Å². The van der Waals surface area contributed by atoms with Crippen molar-refractivity contribution in [3.8, 4) is 11.5 Å². The molecule has 2 rings (SSSR count). The Hall–Kier alpha value is -2.06. The molecule has 0 aliphatic carbocycles. The maximum Gasteiger partial charge on any atom is 0.196 e. The van der Waals surface area contributed by atoms with Crippen LogP contribution in [0.4, 0.5) is 0 Å². The van der Waals surface area contributed by atoms with Crippen LogP contribution in [-0.2, 0) is 0 Å². The van der Waals surface area contributed by atoms with Gasteiger partial charge < -0.3 is 14.3 Å². The zero-order valence-electron chi connectivity index (χ0n) is 12.2. The first-order valence-corrected chi connectivity index (χ1v) is 7.82. The summed E-state index contributed by atoms with van der Waals surface area (Å²) in [5.74, 6) is 0.537. The van der Waals surface area contributed by atoms with E-state index in [-0.39, 0.29) is 33.5 Å². The Morgan fingerprint density at radius 3 is 2.91 bits per heavy atom. The molecule has 8 heteroatoms. The molecule has 1 heterocycles. The molecule has 2 aromatic rings.